The van der Waals surface area contributed by atoms with Gasteiger partial charge >= 0.3 is 0 Å². The molecule has 0 aromatic heterocycles. The molecular formula is C13H32N4O8. The molecule has 0 saturated heterocycles. The second kappa shape index (κ2) is 18.3. The highest BCUT2D eigenvalue weighted by Gasteiger charge is 2.32. The van der Waals surface area contributed by atoms with Crippen LogP contribution in [-0.4, -0.2) is 79.3 Å². The molecule has 0 atom stereocenters. The summed E-state index contributed by atoms with van der Waals surface area (Å²) in [6.07, 6.45) is 0. The third-order valence-corrected chi connectivity index (χ3v) is 3.02. The lowest BCUT2D eigenvalue weighted by molar-refractivity contribution is -0.121. The van der Waals surface area contributed by atoms with Gasteiger partial charge in [0, 0.05) is 0 Å². The van der Waals surface area contributed by atoms with E-state index in [0.29, 0.717) is 52.9 Å². The van der Waals surface area contributed by atoms with Crippen LogP contribution in [0.1, 0.15) is 0 Å². The summed E-state index contributed by atoms with van der Waals surface area (Å²) in [5.74, 6) is 20.0. The molecule has 0 heterocycles. The van der Waals surface area contributed by atoms with Crippen LogP contribution >= 0.6 is 0 Å². The van der Waals surface area contributed by atoms with Gasteiger partial charge in [0.2, 0.25) is 0 Å². The van der Waals surface area contributed by atoms with Crippen molar-refractivity contribution in [2.75, 3.05) is 79.3 Å². The third-order valence-electron chi connectivity index (χ3n) is 3.02. The van der Waals surface area contributed by atoms with E-state index in [9.17, 15) is 0 Å². The molecular weight excluding hydrogens is 340 g/mol. The van der Waals surface area contributed by atoms with Crippen molar-refractivity contribution in [3.63, 3.8) is 0 Å². The Morgan fingerprint density at radius 3 is 0.840 bits per heavy atom. The molecule has 0 spiro atoms. The molecule has 12 nitrogen and oxygen atoms in total. The Hall–Kier alpha value is -0.480. The number of ether oxygens (including phenoxy) is 4. The van der Waals surface area contributed by atoms with Gasteiger partial charge in [-0.05, 0) is 0 Å². The van der Waals surface area contributed by atoms with Crippen LogP contribution < -0.4 is 23.6 Å². The van der Waals surface area contributed by atoms with Gasteiger partial charge in [-0.1, -0.05) is 0 Å². The average Bonchev–Trinajstić information content (AvgIpc) is 2.63. The van der Waals surface area contributed by atoms with E-state index >= 15 is 0 Å². The highest BCUT2D eigenvalue weighted by molar-refractivity contribution is 4.79. The first-order valence-corrected chi connectivity index (χ1v) is 7.82. The highest BCUT2D eigenvalue weighted by Crippen LogP contribution is 2.20. The standard InChI is InChI=1S/C13H32N4O8/c14-22-5-1-18-9-13(10-19-2-6-23-15,11-20-3-7-24-16)12-21-4-8-25-17/h1-12,14-17H2. The van der Waals surface area contributed by atoms with E-state index in [2.05, 4.69) is 19.4 Å². The molecule has 0 aliphatic rings. The lowest BCUT2D eigenvalue weighted by Crippen LogP contribution is -2.43. The molecule has 0 aromatic carbocycles. The maximum Gasteiger partial charge on any atom is 0.0913 e. The minimum absolute atomic E-state index is 0.266. The van der Waals surface area contributed by atoms with Crippen LogP contribution in [0.4, 0.5) is 0 Å². The van der Waals surface area contributed by atoms with E-state index in [1.54, 1.807) is 0 Å². The van der Waals surface area contributed by atoms with Crippen LogP contribution in [0.25, 0.3) is 0 Å². The molecule has 0 aliphatic carbocycles. The van der Waals surface area contributed by atoms with Gasteiger partial charge in [-0.25, -0.2) is 23.6 Å². The Balaban J connectivity index is 4.62. The quantitative estimate of drug-likeness (QED) is 0.132. The molecule has 0 rings (SSSR count). The molecule has 25 heavy (non-hydrogen) atoms. The summed E-state index contributed by atoms with van der Waals surface area (Å²) < 4.78 is 22.4. The monoisotopic (exact) mass is 372 g/mol. The Labute approximate surface area is 147 Å². The van der Waals surface area contributed by atoms with Crippen LogP contribution in [0.2, 0.25) is 0 Å². The first kappa shape index (κ1) is 24.5. The van der Waals surface area contributed by atoms with Crippen molar-refractivity contribution < 1.29 is 38.3 Å². The van der Waals surface area contributed by atoms with Gasteiger partial charge in [0.05, 0.1) is 84.7 Å². The largest absolute Gasteiger partial charge is 0.378 e. The molecule has 0 aromatic rings. The SMILES string of the molecule is NOCCOCC(COCCON)(COCCON)COCCON. The minimum Gasteiger partial charge on any atom is -0.378 e. The van der Waals surface area contributed by atoms with Gasteiger partial charge in [-0.15, -0.1) is 0 Å². The highest BCUT2D eigenvalue weighted by atomic mass is 16.6. The van der Waals surface area contributed by atoms with Crippen molar-refractivity contribution in [3.8, 4) is 0 Å². The van der Waals surface area contributed by atoms with Gasteiger partial charge in [0.25, 0.3) is 0 Å². The van der Waals surface area contributed by atoms with Crippen molar-refractivity contribution in [1.29, 1.82) is 0 Å². The lowest BCUT2D eigenvalue weighted by Gasteiger charge is -2.33. The summed E-state index contributed by atoms with van der Waals surface area (Å²) in [4.78, 5) is 17.9. The maximum atomic E-state index is 5.60. The maximum absolute atomic E-state index is 5.60. The van der Waals surface area contributed by atoms with Gasteiger partial charge in [0.15, 0.2) is 0 Å². The average molecular weight is 372 g/mol. The first-order chi connectivity index (χ1) is 12.2. The van der Waals surface area contributed by atoms with Gasteiger partial charge < -0.3 is 38.3 Å². The molecule has 12 heteroatoms. The number of hydrogen-bond acceptors (Lipinski definition) is 12. The zero-order valence-corrected chi connectivity index (χ0v) is 14.6. The van der Waals surface area contributed by atoms with Crippen LogP contribution in [0.3, 0.4) is 0 Å². The van der Waals surface area contributed by atoms with Gasteiger partial charge in [-0.3, -0.25) is 0 Å². The van der Waals surface area contributed by atoms with Crippen LogP contribution in [0.5, 0.6) is 0 Å². The molecule has 0 unspecified atom stereocenters. The minimum atomic E-state index is -0.577. The van der Waals surface area contributed by atoms with E-state index in [4.69, 9.17) is 42.5 Å². The van der Waals surface area contributed by atoms with Crippen molar-refractivity contribution in [2.45, 2.75) is 0 Å². The number of hydrogen-bond donors (Lipinski definition) is 4. The van der Waals surface area contributed by atoms with Gasteiger partial charge in [0.1, 0.15) is 0 Å². The fourth-order valence-electron chi connectivity index (χ4n) is 1.83. The molecule has 0 bridgehead atoms. The third kappa shape index (κ3) is 14.4. The summed E-state index contributed by atoms with van der Waals surface area (Å²) in [7, 11) is 0. The predicted octanol–water partition coefficient (Wildman–Crippen LogP) is -2.40. The van der Waals surface area contributed by atoms with Crippen LogP contribution in [0, 0.1) is 5.41 Å². The summed E-state index contributed by atoms with van der Waals surface area (Å²) >= 11 is 0. The Morgan fingerprint density at radius 1 is 0.400 bits per heavy atom. The van der Waals surface area contributed by atoms with E-state index in [-0.39, 0.29) is 26.4 Å². The fraction of sp³-hybridized carbons (Fsp3) is 1.00. The summed E-state index contributed by atoms with van der Waals surface area (Å²) in [5, 5.41) is 0. The number of nitrogens with two attached hydrogens (primary N) is 4. The smallest absolute Gasteiger partial charge is 0.0913 e. The summed E-state index contributed by atoms with van der Waals surface area (Å²) in [6.45, 7) is 3.54. The van der Waals surface area contributed by atoms with Crippen molar-refractivity contribution in [1.82, 2.24) is 0 Å². The molecule has 0 saturated carbocycles. The van der Waals surface area contributed by atoms with E-state index < -0.39 is 5.41 Å². The zero-order chi connectivity index (χ0) is 18.6. The molecule has 0 amide bonds. The first-order valence-electron chi connectivity index (χ1n) is 7.82. The Morgan fingerprint density at radius 2 is 0.640 bits per heavy atom. The second-order valence-electron chi connectivity index (χ2n) is 5.19. The Bertz CT molecular complexity index is 225. The normalized spacial score (nSPS) is 12.0. The molecule has 152 valence electrons. The van der Waals surface area contributed by atoms with E-state index in [1.807, 2.05) is 0 Å². The molecule has 8 N–H and O–H groups in total. The molecule has 0 fully saturated rings. The zero-order valence-electron chi connectivity index (χ0n) is 14.6. The number of rotatable bonds is 20. The fourth-order valence-corrected chi connectivity index (χ4v) is 1.83. The van der Waals surface area contributed by atoms with Crippen molar-refractivity contribution in [2.24, 2.45) is 29.0 Å². The molecule has 0 aliphatic heterocycles. The van der Waals surface area contributed by atoms with E-state index in [0.717, 1.165) is 0 Å². The topological polar surface area (TPSA) is 178 Å². The summed E-state index contributed by atoms with van der Waals surface area (Å²) in [6, 6.07) is 0. The Kier molecular flexibility index (Phi) is 18.0. The molecule has 0 radical (unpaired) electrons. The van der Waals surface area contributed by atoms with Crippen LogP contribution in [0.15, 0.2) is 0 Å². The predicted molar refractivity (Wildman–Crippen MR) is 86.3 cm³/mol. The summed E-state index contributed by atoms with van der Waals surface area (Å²) in [5.41, 5.74) is -0.577. The van der Waals surface area contributed by atoms with Crippen molar-refractivity contribution >= 4 is 0 Å². The van der Waals surface area contributed by atoms with Crippen LogP contribution in [-0.2, 0) is 38.3 Å². The lowest BCUT2D eigenvalue weighted by atomic mass is 9.92. The second-order valence-corrected chi connectivity index (χ2v) is 5.19. The van der Waals surface area contributed by atoms with E-state index in [1.165, 1.54) is 0 Å². The van der Waals surface area contributed by atoms with Gasteiger partial charge in [-0.2, -0.15) is 0 Å². The van der Waals surface area contributed by atoms with Crippen molar-refractivity contribution in [3.05, 3.63) is 0 Å².